The quantitative estimate of drug-likeness (QED) is 0.136. The summed E-state index contributed by atoms with van der Waals surface area (Å²) in [5.74, 6) is 0.838. The number of alkyl carbamates (subject to hydrolysis) is 1. The summed E-state index contributed by atoms with van der Waals surface area (Å²) in [6.07, 6.45) is 5.52. The number of methoxy groups -OCH3 is 1. The summed E-state index contributed by atoms with van der Waals surface area (Å²) >= 11 is 0. The van der Waals surface area contributed by atoms with Gasteiger partial charge in [-0.05, 0) is 35.1 Å². The average molecular weight is 587 g/mol. The van der Waals surface area contributed by atoms with Crippen molar-refractivity contribution in [3.05, 3.63) is 66.7 Å². The molecular weight excluding hydrogens is 548 g/mol. The zero-order valence-electron chi connectivity index (χ0n) is 24.7. The summed E-state index contributed by atoms with van der Waals surface area (Å²) in [5.41, 5.74) is 5.69. The van der Waals surface area contributed by atoms with Gasteiger partial charge in [0.2, 0.25) is 11.9 Å². The van der Waals surface area contributed by atoms with Crippen molar-refractivity contribution in [1.29, 1.82) is 0 Å². The monoisotopic (exact) mass is 586 g/mol. The number of imidazole rings is 2. The van der Waals surface area contributed by atoms with Gasteiger partial charge in [0.25, 0.3) is 0 Å². The molecule has 0 atom stereocenters. The van der Waals surface area contributed by atoms with Crippen LogP contribution in [0, 0.1) is 0 Å². The highest BCUT2D eigenvalue weighted by Gasteiger charge is 2.16. The lowest BCUT2D eigenvalue weighted by molar-refractivity contribution is -0.130. The molecule has 0 aliphatic heterocycles. The Morgan fingerprint density at radius 3 is 2.02 bits per heavy atom. The third kappa shape index (κ3) is 8.68. The first-order chi connectivity index (χ1) is 20.9. The van der Waals surface area contributed by atoms with E-state index in [1.165, 1.54) is 7.11 Å². The lowest BCUT2D eigenvalue weighted by atomic mass is 10.0. The number of nitrogens with zero attached hydrogens (tertiary/aromatic N) is 3. The second kappa shape index (κ2) is 15.2. The topological polar surface area (TPSA) is 157 Å². The molecule has 2 heterocycles. The zero-order chi connectivity index (χ0) is 30.6. The zero-order valence-corrected chi connectivity index (χ0v) is 24.7. The Morgan fingerprint density at radius 2 is 1.42 bits per heavy atom. The first-order valence-corrected chi connectivity index (χ1v) is 14.3. The number of aromatic nitrogens is 4. The number of ether oxygens (including phenoxy) is 1. The number of nitrogens with one attached hydrogen (secondary N) is 5. The maximum atomic E-state index is 12.6. The van der Waals surface area contributed by atoms with Crippen molar-refractivity contribution in [2.24, 2.45) is 0 Å². The molecule has 4 amide bonds. The molecule has 0 aliphatic rings. The fraction of sp³-hybridized carbons (Fsp3) is 0.323. The summed E-state index contributed by atoms with van der Waals surface area (Å²) in [5, 5.41) is 7.95. The molecule has 0 radical (unpaired) electrons. The van der Waals surface area contributed by atoms with E-state index in [4.69, 9.17) is 0 Å². The summed E-state index contributed by atoms with van der Waals surface area (Å²) in [4.78, 5) is 52.7. The molecule has 0 fully saturated rings. The number of unbranched alkanes of at least 4 members (excludes halogenated alkanes) is 1. The predicted molar refractivity (Wildman–Crippen MR) is 165 cm³/mol. The van der Waals surface area contributed by atoms with Crippen LogP contribution in [0.4, 0.5) is 15.5 Å². The molecular formula is C31H38N8O4. The molecule has 43 heavy (non-hydrogen) atoms. The van der Waals surface area contributed by atoms with E-state index in [1.807, 2.05) is 55.5 Å². The number of carbonyl (C=O) groups excluding carboxylic acids is 3. The van der Waals surface area contributed by atoms with Crippen LogP contribution in [0.1, 0.15) is 38.9 Å². The minimum absolute atomic E-state index is 0.138. The van der Waals surface area contributed by atoms with Crippen molar-refractivity contribution in [2.75, 3.05) is 32.1 Å². The summed E-state index contributed by atoms with van der Waals surface area (Å²) in [6.45, 7) is 5.39. The highest BCUT2D eigenvalue weighted by molar-refractivity contribution is 5.87. The van der Waals surface area contributed by atoms with Gasteiger partial charge < -0.3 is 30.2 Å². The van der Waals surface area contributed by atoms with Crippen LogP contribution in [0.3, 0.4) is 0 Å². The van der Waals surface area contributed by atoms with Gasteiger partial charge in [-0.1, -0.05) is 68.8 Å². The number of benzene rings is 2. The van der Waals surface area contributed by atoms with Crippen molar-refractivity contribution in [3.8, 4) is 33.6 Å². The van der Waals surface area contributed by atoms with Crippen LogP contribution in [0.15, 0.2) is 60.9 Å². The van der Waals surface area contributed by atoms with Crippen molar-refractivity contribution in [2.45, 2.75) is 39.7 Å². The second-order valence-corrected chi connectivity index (χ2v) is 9.94. The highest BCUT2D eigenvalue weighted by atomic mass is 16.5. The number of aromatic amines is 2. The molecule has 5 N–H and O–H groups in total. The Bertz CT molecular complexity index is 1490. The summed E-state index contributed by atoms with van der Waals surface area (Å²) in [7, 11) is 1.26. The van der Waals surface area contributed by atoms with Gasteiger partial charge >= 0.3 is 12.1 Å². The lowest BCUT2D eigenvalue weighted by Crippen LogP contribution is -2.40. The number of carbonyl (C=O) groups is 3. The Kier molecular flexibility index (Phi) is 10.9. The van der Waals surface area contributed by atoms with E-state index in [1.54, 1.807) is 17.3 Å². The van der Waals surface area contributed by atoms with Crippen molar-refractivity contribution in [3.63, 3.8) is 0 Å². The second-order valence-electron chi connectivity index (χ2n) is 9.94. The molecule has 0 saturated carbocycles. The maximum Gasteiger partial charge on any atom is 0.407 e. The first-order valence-electron chi connectivity index (χ1n) is 14.3. The third-order valence-electron chi connectivity index (χ3n) is 6.73. The number of hydrogen-bond acceptors (Lipinski definition) is 6. The Labute approximate surface area is 250 Å². The van der Waals surface area contributed by atoms with Gasteiger partial charge in [0.15, 0.2) is 0 Å². The number of urea groups is 1. The molecule has 2 aromatic heterocycles. The minimum Gasteiger partial charge on any atom is -0.453 e. The van der Waals surface area contributed by atoms with Crippen LogP contribution in [0.25, 0.3) is 33.6 Å². The normalized spacial score (nSPS) is 10.7. The molecule has 2 aromatic carbocycles. The number of H-pyrrole nitrogens is 2. The van der Waals surface area contributed by atoms with E-state index in [-0.39, 0.29) is 18.5 Å². The standard InChI is InChI=1S/C31H38N8O4/c1-4-6-15-32-30(41)38-29-34-18-26(37-29)24-13-9-22(10-14-24)21-7-11-23(12-8-21)25-17-33-27(36-25)20-39(16-5-2)28(40)19-35-31(42)43-3/h7-14,17-18H,4-6,15-16,19-20H2,1-3H3,(H,33,36)(H,35,42)(H3,32,34,37,38,41). The van der Waals surface area contributed by atoms with E-state index >= 15 is 0 Å². The molecule has 226 valence electrons. The van der Waals surface area contributed by atoms with Crippen LogP contribution in [-0.4, -0.2) is 69.6 Å². The largest absolute Gasteiger partial charge is 0.453 e. The van der Waals surface area contributed by atoms with E-state index in [9.17, 15) is 14.4 Å². The van der Waals surface area contributed by atoms with E-state index in [2.05, 4.69) is 47.5 Å². The Hall–Kier alpha value is -5.13. The molecule has 0 saturated heterocycles. The smallest absolute Gasteiger partial charge is 0.407 e. The van der Waals surface area contributed by atoms with E-state index in [0.717, 1.165) is 52.9 Å². The van der Waals surface area contributed by atoms with Gasteiger partial charge in [-0.2, -0.15) is 0 Å². The van der Waals surface area contributed by atoms with Gasteiger partial charge in [0.05, 0.1) is 37.4 Å². The third-order valence-corrected chi connectivity index (χ3v) is 6.73. The average Bonchev–Trinajstić information content (AvgIpc) is 3.70. The van der Waals surface area contributed by atoms with Crippen LogP contribution in [-0.2, 0) is 16.1 Å². The molecule has 0 bridgehead atoms. The maximum absolute atomic E-state index is 12.6. The van der Waals surface area contributed by atoms with Crippen molar-refractivity contribution >= 4 is 24.0 Å². The van der Waals surface area contributed by atoms with E-state index < -0.39 is 6.09 Å². The molecule has 12 heteroatoms. The van der Waals surface area contributed by atoms with Gasteiger partial charge in [0, 0.05) is 13.1 Å². The SMILES string of the molecule is CCCCNC(=O)Nc1ncc(-c2ccc(-c3ccc(-c4cnc(CN(CCC)C(=O)CNC(=O)OC)[nH]4)cc3)cc2)[nH]1. The lowest BCUT2D eigenvalue weighted by Gasteiger charge is -2.21. The van der Waals surface area contributed by atoms with Crippen LogP contribution >= 0.6 is 0 Å². The summed E-state index contributed by atoms with van der Waals surface area (Å²) < 4.78 is 4.54. The predicted octanol–water partition coefficient (Wildman–Crippen LogP) is 5.15. The Morgan fingerprint density at radius 1 is 0.814 bits per heavy atom. The van der Waals surface area contributed by atoms with Gasteiger partial charge in [0.1, 0.15) is 12.4 Å². The van der Waals surface area contributed by atoms with Crippen LogP contribution < -0.4 is 16.0 Å². The fourth-order valence-electron chi connectivity index (χ4n) is 4.41. The Balaban J connectivity index is 1.36. The minimum atomic E-state index is -0.645. The molecule has 4 aromatic rings. The van der Waals surface area contributed by atoms with Crippen LogP contribution in [0.5, 0.6) is 0 Å². The van der Waals surface area contributed by atoms with E-state index in [0.29, 0.717) is 31.4 Å². The molecule has 0 spiro atoms. The highest BCUT2D eigenvalue weighted by Crippen LogP contribution is 2.27. The van der Waals surface area contributed by atoms with Crippen LogP contribution in [0.2, 0.25) is 0 Å². The molecule has 4 rings (SSSR count). The molecule has 0 aliphatic carbocycles. The molecule has 0 unspecified atom stereocenters. The van der Waals surface area contributed by atoms with Crippen molar-refractivity contribution in [1.82, 2.24) is 35.5 Å². The molecule has 12 nitrogen and oxygen atoms in total. The number of amides is 4. The van der Waals surface area contributed by atoms with Gasteiger partial charge in [-0.25, -0.2) is 19.6 Å². The number of anilines is 1. The van der Waals surface area contributed by atoms with Gasteiger partial charge in [-0.3, -0.25) is 10.1 Å². The van der Waals surface area contributed by atoms with Gasteiger partial charge in [-0.15, -0.1) is 0 Å². The first kappa shape index (κ1) is 30.8. The summed E-state index contributed by atoms with van der Waals surface area (Å²) in [6, 6.07) is 16.0. The van der Waals surface area contributed by atoms with Crippen molar-refractivity contribution < 1.29 is 19.1 Å². The number of rotatable bonds is 13. The fourth-order valence-corrected chi connectivity index (χ4v) is 4.41. The number of hydrogen-bond donors (Lipinski definition) is 5.